The van der Waals surface area contributed by atoms with Gasteiger partial charge in [-0.3, -0.25) is 9.59 Å². The third-order valence-corrected chi connectivity index (χ3v) is 3.23. The van der Waals surface area contributed by atoms with Gasteiger partial charge < -0.3 is 5.11 Å². The number of carbonyl (C=O) groups excluding carboxylic acids is 1. The van der Waals surface area contributed by atoms with Crippen LogP contribution in [0.15, 0.2) is 24.4 Å². The minimum absolute atomic E-state index is 0.141. The van der Waals surface area contributed by atoms with Gasteiger partial charge in [0.25, 0.3) is 0 Å². The molecule has 1 aromatic heterocycles. The highest BCUT2D eigenvalue weighted by Gasteiger charge is 2.38. The molecule has 112 valence electrons. The lowest BCUT2D eigenvalue weighted by Gasteiger charge is -2.05. The van der Waals surface area contributed by atoms with Crippen LogP contribution in [0.1, 0.15) is 27.4 Å². The first-order valence-corrected chi connectivity index (χ1v) is 6.11. The Morgan fingerprint density at radius 3 is 2.55 bits per heavy atom. The molecule has 1 N–H and O–H groups in total. The number of carbonyl (C=O) groups is 2. The number of ketones is 1. The van der Waals surface area contributed by atoms with E-state index in [2.05, 4.69) is 9.97 Å². The zero-order valence-electron chi connectivity index (χ0n) is 10.8. The van der Waals surface area contributed by atoms with Crippen molar-refractivity contribution in [2.75, 3.05) is 0 Å². The van der Waals surface area contributed by atoms with Crippen molar-refractivity contribution >= 4 is 11.8 Å². The third kappa shape index (κ3) is 2.22. The van der Waals surface area contributed by atoms with Gasteiger partial charge in [0.1, 0.15) is 5.69 Å². The van der Waals surface area contributed by atoms with Crippen molar-refractivity contribution < 1.29 is 27.9 Å². The van der Waals surface area contributed by atoms with E-state index < -0.39 is 23.8 Å². The molecule has 0 saturated heterocycles. The summed E-state index contributed by atoms with van der Waals surface area (Å²) in [5.74, 6) is -3.11. The summed E-state index contributed by atoms with van der Waals surface area (Å²) in [7, 11) is 0. The van der Waals surface area contributed by atoms with Crippen molar-refractivity contribution in [1.82, 2.24) is 9.97 Å². The molecule has 0 unspecified atom stereocenters. The number of aromatic nitrogens is 2. The first-order valence-electron chi connectivity index (χ1n) is 6.11. The molecule has 1 aliphatic carbocycles. The molecule has 0 atom stereocenters. The molecular formula is C14H7F3N2O3. The smallest absolute Gasteiger partial charge is 0.451 e. The highest BCUT2D eigenvalue weighted by atomic mass is 19.4. The molecule has 1 aliphatic rings. The van der Waals surface area contributed by atoms with E-state index >= 15 is 0 Å². The summed E-state index contributed by atoms with van der Waals surface area (Å²) in [6.07, 6.45) is -4.05. The second kappa shape index (κ2) is 4.62. The number of hydrogen-bond acceptors (Lipinski definition) is 4. The normalized spacial score (nSPS) is 13.0. The molecule has 5 nitrogen and oxygen atoms in total. The van der Waals surface area contributed by atoms with Crippen molar-refractivity contribution in [2.45, 2.75) is 12.6 Å². The van der Waals surface area contributed by atoms with Gasteiger partial charge in [0, 0.05) is 17.3 Å². The molecule has 1 heterocycles. The fraction of sp³-hybridized carbons (Fsp3) is 0.143. The topological polar surface area (TPSA) is 80.1 Å². The van der Waals surface area contributed by atoms with Crippen molar-refractivity contribution in [2.24, 2.45) is 0 Å². The monoisotopic (exact) mass is 308 g/mol. The van der Waals surface area contributed by atoms with Gasteiger partial charge in [0.2, 0.25) is 11.6 Å². The molecule has 3 rings (SSSR count). The van der Waals surface area contributed by atoms with Gasteiger partial charge in [-0.05, 0) is 17.2 Å². The molecule has 22 heavy (non-hydrogen) atoms. The van der Waals surface area contributed by atoms with E-state index in [0.717, 1.165) is 6.20 Å². The number of rotatable bonds is 2. The molecule has 0 amide bonds. The summed E-state index contributed by atoms with van der Waals surface area (Å²) in [5, 5.41) is 8.75. The lowest BCUT2D eigenvalue weighted by Crippen LogP contribution is -2.13. The van der Waals surface area contributed by atoms with Crippen LogP contribution in [0.3, 0.4) is 0 Å². The van der Waals surface area contributed by atoms with E-state index in [1.165, 1.54) is 18.2 Å². The Labute approximate surface area is 121 Å². The van der Waals surface area contributed by atoms with E-state index in [9.17, 15) is 22.8 Å². The maximum Gasteiger partial charge on any atom is 0.451 e. The Bertz CT molecular complexity index is 815. The highest BCUT2D eigenvalue weighted by Crippen LogP contribution is 2.37. The fourth-order valence-corrected chi connectivity index (χ4v) is 2.31. The first kappa shape index (κ1) is 14.2. The second-order valence-corrected chi connectivity index (χ2v) is 4.73. The maximum atomic E-state index is 12.6. The van der Waals surface area contributed by atoms with Gasteiger partial charge in [-0.1, -0.05) is 12.1 Å². The standard InChI is InChI=1S/C14H7F3N2O3/c15-14(16,17)13-18-5-9-7-2-1-6(4-10(20)21)3-8(7)12(22)11(9)19-13/h1-3,5H,4H2,(H,20,21). The SMILES string of the molecule is O=C(O)Cc1ccc2c(c1)C(=O)c1nc(C(F)(F)F)ncc1-2. The van der Waals surface area contributed by atoms with Crippen molar-refractivity contribution in [3.63, 3.8) is 0 Å². The Morgan fingerprint density at radius 1 is 1.18 bits per heavy atom. The molecule has 8 heteroatoms. The predicted molar refractivity (Wildman–Crippen MR) is 67.2 cm³/mol. The summed E-state index contributed by atoms with van der Waals surface area (Å²) in [5.41, 5.74) is 0.835. The van der Waals surface area contributed by atoms with Crippen molar-refractivity contribution in [1.29, 1.82) is 0 Å². The summed E-state index contributed by atoms with van der Waals surface area (Å²) in [6.45, 7) is 0. The second-order valence-electron chi connectivity index (χ2n) is 4.73. The zero-order valence-corrected chi connectivity index (χ0v) is 10.8. The predicted octanol–water partition coefficient (Wildman–Crippen LogP) is 2.33. The van der Waals surface area contributed by atoms with E-state index in [-0.39, 0.29) is 23.2 Å². The van der Waals surface area contributed by atoms with Crippen LogP contribution in [0.4, 0.5) is 13.2 Å². The average Bonchev–Trinajstić information content (AvgIpc) is 2.70. The number of benzene rings is 1. The lowest BCUT2D eigenvalue weighted by molar-refractivity contribution is -0.145. The number of aliphatic carboxylic acids is 1. The van der Waals surface area contributed by atoms with Gasteiger partial charge in [-0.15, -0.1) is 0 Å². The number of alkyl halides is 3. The van der Waals surface area contributed by atoms with Crippen LogP contribution in [0.25, 0.3) is 11.1 Å². The quantitative estimate of drug-likeness (QED) is 0.786. The van der Waals surface area contributed by atoms with E-state index in [0.29, 0.717) is 11.1 Å². The summed E-state index contributed by atoms with van der Waals surface area (Å²) in [6, 6.07) is 4.36. The number of carboxylic acids is 1. The van der Waals surface area contributed by atoms with Crippen molar-refractivity contribution in [3.8, 4) is 11.1 Å². The Morgan fingerprint density at radius 2 is 1.91 bits per heavy atom. The van der Waals surface area contributed by atoms with Crippen LogP contribution >= 0.6 is 0 Å². The Hall–Kier alpha value is -2.77. The molecule has 0 saturated carbocycles. The largest absolute Gasteiger partial charge is 0.481 e. The fourth-order valence-electron chi connectivity index (χ4n) is 2.31. The number of fused-ring (bicyclic) bond motifs is 3. The van der Waals surface area contributed by atoms with E-state index in [4.69, 9.17) is 5.11 Å². The third-order valence-electron chi connectivity index (χ3n) is 3.23. The molecule has 0 spiro atoms. The Balaban J connectivity index is 2.09. The summed E-state index contributed by atoms with van der Waals surface area (Å²) < 4.78 is 37.9. The number of carboxylic acid groups (broad SMARTS) is 1. The Kier molecular flexibility index (Phi) is 2.98. The number of nitrogens with zero attached hydrogens (tertiary/aromatic N) is 2. The molecule has 0 bridgehead atoms. The van der Waals surface area contributed by atoms with Crippen LogP contribution in [0.5, 0.6) is 0 Å². The minimum atomic E-state index is -4.74. The van der Waals surface area contributed by atoms with Crippen molar-refractivity contribution in [3.05, 3.63) is 47.0 Å². The molecular weight excluding hydrogens is 301 g/mol. The summed E-state index contributed by atoms with van der Waals surface area (Å²) in [4.78, 5) is 29.4. The van der Waals surface area contributed by atoms with Gasteiger partial charge >= 0.3 is 12.1 Å². The first-order chi connectivity index (χ1) is 10.3. The minimum Gasteiger partial charge on any atom is -0.481 e. The van der Waals surface area contributed by atoms with Crippen LogP contribution < -0.4 is 0 Å². The van der Waals surface area contributed by atoms with Crippen LogP contribution in [0, 0.1) is 0 Å². The average molecular weight is 308 g/mol. The van der Waals surface area contributed by atoms with Gasteiger partial charge in [0.15, 0.2) is 0 Å². The van der Waals surface area contributed by atoms with Crippen LogP contribution in [-0.4, -0.2) is 26.8 Å². The summed E-state index contributed by atoms with van der Waals surface area (Å²) >= 11 is 0. The van der Waals surface area contributed by atoms with Crippen LogP contribution in [-0.2, 0) is 17.4 Å². The highest BCUT2D eigenvalue weighted by molar-refractivity contribution is 6.20. The molecule has 0 aliphatic heterocycles. The van der Waals surface area contributed by atoms with Crippen LogP contribution in [0.2, 0.25) is 0 Å². The van der Waals surface area contributed by atoms with Gasteiger partial charge in [-0.2, -0.15) is 13.2 Å². The number of halogens is 3. The molecule has 0 fully saturated rings. The lowest BCUT2D eigenvalue weighted by atomic mass is 10.0. The van der Waals surface area contributed by atoms with Gasteiger partial charge in [0.05, 0.1) is 6.42 Å². The molecule has 1 aromatic carbocycles. The zero-order chi connectivity index (χ0) is 16.1. The maximum absolute atomic E-state index is 12.6. The van der Waals surface area contributed by atoms with E-state index in [1.807, 2.05) is 0 Å². The van der Waals surface area contributed by atoms with Gasteiger partial charge in [-0.25, -0.2) is 9.97 Å². The number of hydrogen-bond donors (Lipinski definition) is 1. The molecule has 2 aromatic rings. The molecule has 0 radical (unpaired) electrons. The van der Waals surface area contributed by atoms with E-state index in [1.54, 1.807) is 0 Å².